The number of aromatic nitrogens is 5. The van der Waals surface area contributed by atoms with Gasteiger partial charge in [-0.3, -0.25) is 4.98 Å². The highest BCUT2D eigenvalue weighted by Crippen LogP contribution is 2.22. The molecule has 0 fully saturated rings. The second kappa shape index (κ2) is 7.75. The average Bonchev–Trinajstić information content (AvgIpc) is 3.10. The number of rotatable bonds is 6. The van der Waals surface area contributed by atoms with Crippen molar-refractivity contribution in [2.45, 2.75) is 31.4 Å². The molecule has 0 unspecified atom stereocenters. The lowest BCUT2D eigenvalue weighted by Crippen LogP contribution is -1.97. The predicted octanol–water partition coefficient (Wildman–Crippen LogP) is 4.01. The van der Waals surface area contributed by atoms with Gasteiger partial charge in [0.25, 0.3) is 5.78 Å². The van der Waals surface area contributed by atoms with Crippen LogP contribution in [-0.4, -0.2) is 24.6 Å². The summed E-state index contributed by atoms with van der Waals surface area (Å²) >= 11 is 1.60. The quantitative estimate of drug-likeness (QED) is 0.473. The second-order valence-corrected chi connectivity index (χ2v) is 7.13. The van der Waals surface area contributed by atoms with Crippen LogP contribution in [0.4, 0.5) is 0 Å². The van der Waals surface area contributed by atoms with Crippen molar-refractivity contribution in [3.05, 3.63) is 77.4 Å². The fraction of sp³-hybridized carbons (Fsp3) is 0.200. The molecule has 136 valence electrons. The maximum Gasteiger partial charge on any atom is 0.253 e. The Morgan fingerprint density at radius 3 is 2.67 bits per heavy atom. The van der Waals surface area contributed by atoms with Crippen LogP contribution in [0.3, 0.4) is 0 Å². The third kappa shape index (κ3) is 4.25. The van der Waals surface area contributed by atoms with E-state index in [9.17, 15) is 0 Å². The number of ether oxygens (including phenoxy) is 1. The Hall–Kier alpha value is -2.93. The van der Waals surface area contributed by atoms with Gasteiger partial charge in [-0.1, -0.05) is 30.0 Å². The summed E-state index contributed by atoms with van der Waals surface area (Å²) in [7, 11) is 0. The van der Waals surface area contributed by atoms with E-state index in [-0.39, 0.29) is 0 Å². The minimum atomic E-state index is 0.464. The largest absolute Gasteiger partial charge is 0.487 e. The molecule has 0 saturated heterocycles. The molecule has 7 heteroatoms. The minimum Gasteiger partial charge on any atom is -0.487 e. The highest BCUT2D eigenvalue weighted by atomic mass is 32.2. The number of thioether (sulfide) groups is 1. The number of benzene rings is 1. The van der Waals surface area contributed by atoms with Gasteiger partial charge < -0.3 is 4.74 Å². The minimum absolute atomic E-state index is 0.464. The molecule has 6 nitrogen and oxygen atoms in total. The summed E-state index contributed by atoms with van der Waals surface area (Å²) in [6, 6.07) is 15.9. The molecule has 0 saturated carbocycles. The number of pyridine rings is 1. The van der Waals surface area contributed by atoms with Crippen LogP contribution in [0.15, 0.2) is 59.9 Å². The molecule has 0 N–H and O–H groups in total. The highest BCUT2D eigenvalue weighted by Gasteiger charge is 2.08. The van der Waals surface area contributed by atoms with Crippen LogP contribution >= 0.6 is 11.8 Å². The van der Waals surface area contributed by atoms with Crippen molar-refractivity contribution in [3.63, 3.8) is 0 Å². The topological polar surface area (TPSA) is 65.2 Å². The first kappa shape index (κ1) is 17.5. The summed E-state index contributed by atoms with van der Waals surface area (Å²) in [4.78, 5) is 13.2. The van der Waals surface area contributed by atoms with Crippen molar-refractivity contribution in [1.82, 2.24) is 24.6 Å². The fourth-order valence-corrected chi connectivity index (χ4v) is 3.45. The highest BCUT2D eigenvalue weighted by molar-refractivity contribution is 7.98. The van der Waals surface area contributed by atoms with E-state index in [0.717, 1.165) is 33.7 Å². The van der Waals surface area contributed by atoms with Gasteiger partial charge in [0.2, 0.25) is 5.16 Å². The lowest BCUT2D eigenvalue weighted by molar-refractivity contribution is 0.301. The molecule has 0 aliphatic rings. The number of nitrogens with zero attached hydrogens (tertiary/aromatic N) is 5. The monoisotopic (exact) mass is 377 g/mol. The molecule has 1 aromatic carbocycles. The molecule has 27 heavy (non-hydrogen) atoms. The Labute approximate surface area is 161 Å². The maximum absolute atomic E-state index is 5.77. The molecule has 0 atom stereocenters. The number of hydrogen-bond acceptors (Lipinski definition) is 6. The molecule has 4 rings (SSSR count). The van der Waals surface area contributed by atoms with Crippen molar-refractivity contribution >= 4 is 17.5 Å². The molecule has 3 aromatic heterocycles. The molecule has 0 aliphatic heterocycles. The SMILES string of the molecule is Cc1cc(C)n2nc(SCc3ccc(OCc4ccccn4)cc3)nc2n1. The normalized spacial score (nSPS) is 11.0. The third-order valence-electron chi connectivity index (χ3n) is 4.00. The van der Waals surface area contributed by atoms with E-state index in [4.69, 9.17) is 4.74 Å². The molecule has 3 heterocycles. The van der Waals surface area contributed by atoms with Crippen molar-refractivity contribution in [2.24, 2.45) is 0 Å². The zero-order valence-electron chi connectivity index (χ0n) is 15.2. The zero-order valence-corrected chi connectivity index (χ0v) is 16.0. The van der Waals surface area contributed by atoms with E-state index in [1.165, 1.54) is 5.56 Å². The molecule has 0 bridgehead atoms. The first-order valence-electron chi connectivity index (χ1n) is 8.63. The lowest BCUT2D eigenvalue weighted by atomic mass is 10.2. The number of fused-ring (bicyclic) bond motifs is 1. The van der Waals surface area contributed by atoms with Gasteiger partial charge in [0.15, 0.2) is 0 Å². The van der Waals surface area contributed by atoms with Crippen LogP contribution in [0.5, 0.6) is 5.75 Å². The lowest BCUT2D eigenvalue weighted by Gasteiger charge is -2.06. The Morgan fingerprint density at radius 2 is 1.89 bits per heavy atom. The summed E-state index contributed by atoms with van der Waals surface area (Å²) in [6.07, 6.45) is 1.77. The van der Waals surface area contributed by atoms with Gasteiger partial charge in [0.05, 0.1) is 5.69 Å². The maximum atomic E-state index is 5.77. The summed E-state index contributed by atoms with van der Waals surface area (Å²) in [6.45, 7) is 4.44. The van der Waals surface area contributed by atoms with Crippen LogP contribution in [0.25, 0.3) is 5.78 Å². The standard InChI is InChI=1S/C20H19N5OS/c1-14-11-15(2)25-19(22-14)23-20(24-25)27-13-16-6-8-18(9-7-16)26-12-17-5-3-4-10-21-17/h3-11H,12-13H2,1-2H3. The van der Waals surface area contributed by atoms with E-state index in [2.05, 4.69) is 32.2 Å². The first-order chi connectivity index (χ1) is 13.2. The number of aryl methyl sites for hydroxylation is 2. The summed E-state index contributed by atoms with van der Waals surface area (Å²) in [5.41, 5.74) is 4.08. The van der Waals surface area contributed by atoms with E-state index in [0.29, 0.717) is 12.4 Å². The van der Waals surface area contributed by atoms with Gasteiger partial charge in [-0.15, -0.1) is 5.10 Å². The van der Waals surface area contributed by atoms with Gasteiger partial charge in [-0.2, -0.15) is 4.98 Å². The predicted molar refractivity (Wildman–Crippen MR) is 105 cm³/mol. The van der Waals surface area contributed by atoms with E-state index >= 15 is 0 Å². The fourth-order valence-electron chi connectivity index (χ4n) is 2.68. The van der Waals surface area contributed by atoms with Crippen LogP contribution in [0.2, 0.25) is 0 Å². The van der Waals surface area contributed by atoms with Crippen LogP contribution < -0.4 is 4.74 Å². The summed E-state index contributed by atoms with van der Waals surface area (Å²) in [5.74, 6) is 2.26. The van der Waals surface area contributed by atoms with Crippen molar-refractivity contribution in [1.29, 1.82) is 0 Å². The summed E-state index contributed by atoms with van der Waals surface area (Å²) in [5, 5.41) is 5.25. The van der Waals surface area contributed by atoms with Crippen molar-refractivity contribution < 1.29 is 4.74 Å². The molecule has 0 aliphatic carbocycles. The Bertz CT molecular complexity index is 1050. The van der Waals surface area contributed by atoms with Gasteiger partial charge >= 0.3 is 0 Å². The van der Waals surface area contributed by atoms with E-state index in [1.54, 1.807) is 22.5 Å². The Kier molecular flexibility index (Phi) is 5.02. The van der Waals surface area contributed by atoms with Gasteiger partial charge in [-0.05, 0) is 49.7 Å². The van der Waals surface area contributed by atoms with Crippen molar-refractivity contribution in [3.8, 4) is 5.75 Å². The molecule has 0 spiro atoms. The Balaban J connectivity index is 1.37. The van der Waals surface area contributed by atoms with Gasteiger partial charge in [-0.25, -0.2) is 9.50 Å². The molecule has 0 radical (unpaired) electrons. The molecular formula is C20H19N5OS. The van der Waals surface area contributed by atoms with Gasteiger partial charge in [0, 0.05) is 23.3 Å². The van der Waals surface area contributed by atoms with E-state index in [1.807, 2.05) is 50.2 Å². The first-order valence-corrected chi connectivity index (χ1v) is 9.61. The molecule has 4 aromatic rings. The second-order valence-electron chi connectivity index (χ2n) is 6.19. The molecular weight excluding hydrogens is 358 g/mol. The van der Waals surface area contributed by atoms with Crippen LogP contribution in [-0.2, 0) is 12.4 Å². The molecule has 0 amide bonds. The smallest absolute Gasteiger partial charge is 0.253 e. The van der Waals surface area contributed by atoms with Crippen LogP contribution in [0, 0.1) is 13.8 Å². The third-order valence-corrected chi connectivity index (χ3v) is 4.91. The van der Waals surface area contributed by atoms with Crippen molar-refractivity contribution in [2.75, 3.05) is 0 Å². The van der Waals surface area contributed by atoms with Crippen LogP contribution in [0.1, 0.15) is 22.6 Å². The average molecular weight is 377 g/mol. The number of hydrogen-bond donors (Lipinski definition) is 0. The van der Waals surface area contributed by atoms with Gasteiger partial charge in [0.1, 0.15) is 12.4 Å². The zero-order chi connectivity index (χ0) is 18.6. The summed E-state index contributed by atoms with van der Waals surface area (Å²) < 4.78 is 7.55. The Morgan fingerprint density at radius 1 is 1.04 bits per heavy atom. The van der Waals surface area contributed by atoms with E-state index < -0.39 is 0 Å².